The number of nitrogen functional groups attached to an aromatic ring is 1. The van der Waals surface area contributed by atoms with Crippen molar-refractivity contribution in [1.82, 2.24) is 0 Å². The molecule has 0 bridgehead atoms. The van der Waals surface area contributed by atoms with Crippen molar-refractivity contribution < 1.29 is 0 Å². The largest absolute Gasteiger partial charge is 0.399 e. The predicted octanol–water partition coefficient (Wildman–Crippen LogP) is -1.58. The summed E-state index contributed by atoms with van der Waals surface area (Å²) in [6.45, 7) is 0. The van der Waals surface area contributed by atoms with Crippen LogP contribution in [-0.2, 0) is 0 Å². The van der Waals surface area contributed by atoms with Crippen molar-refractivity contribution in [3.05, 3.63) is 17.7 Å². The maximum absolute atomic E-state index is 5.76. The minimum atomic E-state index is 0.897. The Hall–Kier alpha value is -0.850. The zero-order chi connectivity index (χ0) is 6.72. The Balaban J connectivity index is 2.39. The van der Waals surface area contributed by atoms with Crippen LogP contribution in [0.2, 0.25) is 0 Å². The van der Waals surface area contributed by atoms with E-state index in [0.717, 1.165) is 11.4 Å². The Morgan fingerprint density at radius 2 is 2.20 bits per heavy atom. The molecule has 0 amide bonds. The van der Waals surface area contributed by atoms with Gasteiger partial charge in [-0.2, -0.15) is 0 Å². The van der Waals surface area contributed by atoms with Gasteiger partial charge >= 0.3 is 0 Å². The summed E-state index contributed by atoms with van der Waals surface area (Å²) in [5.74, 6) is 0. The summed E-state index contributed by atoms with van der Waals surface area (Å²) in [4.78, 5) is 0. The maximum Gasteiger partial charge on any atom is 0.161 e. The zero-order valence-corrected chi connectivity index (χ0v) is 5.72. The zero-order valence-electron chi connectivity index (χ0n) is 5.72. The average Bonchev–Trinajstić information content (AvgIpc) is 1.85. The molecule has 0 aromatic heterocycles. The number of nitrogens with two attached hydrogens (primary N) is 1. The first kappa shape index (κ1) is 4.89. The third kappa shape index (κ3) is 0.341. The van der Waals surface area contributed by atoms with Crippen LogP contribution in [0, 0.1) is 0 Å². The first-order valence-electron chi connectivity index (χ1n) is 3.76. The van der Waals surface area contributed by atoms with Crippen molar-refractivity contribution >= 4 is 31.2 Å². The lowest BCUT2D eigenvalue weighted by atomic mass is 9.21. The van der Waals surface area contributed by atoms with Gasteiger partial charge in [0.25, 0.3) is 0 Å². The summed E-state index contributed by atoms with van der Waals surface area (Å²) in [5.41, 5.74) is 12.2. The van der Waals surface area contributed by atoms with Gasteiger partial charge < -0.3 is 5.73 Å². The van der Waals surface area contributed by atoms with Gasteiger partial charge in [-0.15, -0.1) is 0 Å². The number of hydrogen-bond acceptors (Lipinski definition) is 1. The molecule has 46 valence electrons. The van der Waals surface area contributed by atoms with E-state index in [-0.39, 0.29) is 0 Å². The molecule has 0 saturated heterocycles. The molecule has 2 aliphatic heterocycles. The summed E-state index contributed by atoms with van der Waals surface area (Å²) < 4.78 is 0. The fourth-order valence-corrected chi connectivity index (χ4v) is 2.17. The number of hydrogen-bond donors (Lipinski definition) is 1. The van der Waals surface area contributed by atoms with Crippen LogP contribution in [0.5, 0.6) is 0 Å². The summed E-state index contributed by atoms with van der Waals surface area (Å²) in [6.07, 6.45) is 0. The van der Waals surface area contributed by atoms with E-state index in [4.69, 9.17) is 5.73 Å². The molecular formula is C7H7B2N. The highest BCUT2D eigenvalue weighted by Gasteiger charge is 2.39. The van der Waals surface area contributed by atoms with Crippen LogP contribution >= 0.6 is 0 Å². The van der Waals surface area contributed by atoms with Gasteiger partial charge in [0, 0.05) is 5.69 Å². The minimum Gasteiger partial charge on any atom is -0.399 e. The number of rotatable bonds is 0. The van der Waals surface area contributed by atoms with Gasteiger partial charge in [0.1, 0.15) is 0 Å². The first-order valence-corrected chi connectivity index (χ1v) is 3.76. The number of anilines is 1. The van der Waals surface area contributed by atoms with Gasteiger partial charge in [-0.1, -0.05) is 28.3 Å². The Kier molecular flexibility index (Phi) is 0.618. The van der Waals surface area contributed by atoms with Gasteiger partial charge in [-0.05, 0) is 6.07 Å². The van der Waals surface area contributed by atoms with Gasteiger partial charge in [-0.3, -0.25) is 0 Å². The Morgan fingerprint density at radius 1 is 1.30 bits per heavy atom. The fraction of sp³-hybridized carbons (Fsp3) is 0.143. The quantitative estimate of drug-likeness (QED) is 0.330. The highest BCUT2D eigenvalue weighted by molar-refractivity contribution is 6.86. The van der Waals surface area contributed by atoms with Crippen molar-refractivity contribution in [2.24, 2.45) is 0 Å². The Bertz CT molecular complexity index is 307. The highest BCUT2D eigenvalue weighted by Crippen LogP contribution is 2.28. The second-order valence-electron chi connectivity index (χ2n) is 3.31. The van der Waals surface area contributed by atoms with E-state index in [9.17, 15) is 0 Å². The van der Waals surface area contributed by atoms with Crippen molar-refractivity contribution in [1.29, 1.82) is 0 Å². The van der Waals surface area contributed by atoms with Gasteiger partial charge in [0.05, 0.1) is 0 Å². The standard InChI is InChI=1S/C7H7B2N/c10-4-2-1-3-5-6(4)9-7(5)8-3/h1-2,7-9H,10H2. The highest BCUT2D eigenvalue weighted by atomic mass is 14.6. The van der Waals surface area contributed by atoms with Crippen molar-refractivity contribution in [2.75, 3.05) is 5.73 Å². The molecule has 1 unspecified atom stereocenters. The van der Waals surface area contributed by atoms with E-state index < -0.39 is 0 Å². The molecule has 0 saturated carbocycles. The third-order valence-corrected chi connectivity index (χ3v) is 2.81. The van der Waals surface area contributed by atoms with E-state index in [2.05, 4.69) is 6.07 Å². The molecule has 0 fully saturated rings. The van der Waals surface area contributed by atoms with Gasteiger partial charge in [0.15, 0.2) is 14.6 Å². The summed E-state index contributed by atoms with van der Waals surface area (Å²) in [6, 6.07) is 4.22. The SMILES string of the molecule is Nc1ccc2c3c1BC3B2. The molecule has 1 nitrogen and oxygen atoms in total. The van der Waals surface area contributed by atoms with Crippen LogP contribution in [-0.4, -0.2) is 14.6 Å². The molecule has 1 atom stereocenters. The molecule has 3 rings (SSSR count). The van der Waals surface area contributed by atoms with Crippen LogP contribution in [0.15, 0.2) is 12.1 Å². The third-order valence-electron chi connectivity index (χ3n) is 2.81. The number of benzene rings is 1. The Morgan fingerprint density at radius 3 is 2.90 bits per heavy atom. The first-order chi connectivity index (χ1) is 4.86. The molecule has 1 aromatic carbocycles. The average molecular weight is 127 g/mol. The molecule has 2 N–H and O–H groups in total. The molecule has 0 aliphatic carbocycles. The van der Waals surface area contributed by atoms with Crippen LogP contribution in [0.25, 0.3) is 0 Å². The summed E-state index contributed by atoms with van der Waals surface area (Å²) in [7, 11) is 2.55. The maximum atomic E-state index is 5.76. The minimum absolute atomic E-state index is 0.897. The molecule has 1 aromatic rings. The molecule has 2 aliphatic rings. The van der Waals surface area contributed by atoms with E-state index in [1.54, 1.807) is 11.0 Å². The molecule has 2 heterocycles. The molecule has 3 heteroatoms. The van der Waals surface area contributed by atoms with Gasteiger partial charge in [0.2, 0.25) is 0 Å². The fourth-order valence-electron chi connectivity index (χ4n) is 2.17. The molecule has 0 radical (unpaired) electrons. The van der Waals surface area contributed by atoms with Crippen LogP contribution in [0.1, 0.15) is 11.3 Å². The van der Waals surface area contributed by atoms with Gasteiger partial charge in [-0.25, -0.2) is 0 Å². The van der Waals surface area contributed by atoms with E-state index in [1.165, 1.54) is 20.0 Å². The van der Waals surface area contributed by atoms with Crippen molar-refractivity contribution in [2.45, 2.75) is 5.72 Å². The molecular weight excluding hydrogens is 120 g/mol. The lowest BCUT2D eigenvalue weighted by Gasteiger charge is -2.41. The van der Waals surface area contributed by atoms with Crippen molar-refractivity contribution in [3.8, 4) is 0 Å². The Labute approximate surface area is 61.1 Å². The van der Waals surface area contributed by atoms with Crippen LogP contribution < -0.4 is 16.7 Å². The summed E-state index contributed by atoms with van der Waals surface area (Å²) in [5, 5.41) is 0. The lowest BCUT2D eigenvalue weighted by molar-refractivity contribution is 1.25. The monoisotopic (exact) mass is 127 g/mol. The van der Waals surface area contributed by atoms with E-state index >= 15 is 0 Å². The van der Waals surface area contributed by atoms with E-state index in [1.807, 2.05) is 6.07 Å². The van der Waals surface area contributed by atoms with Crippen molar-refractivity contribution in [3.63, 3.8) is 0 Å². The smallest absolute Gasteiger partial charge is 0.161 e. The predicted molar refractivity (Wildman–Crippen MR) is 47.2 cm³/mol. The molecule has 0 spiro atoms. The molecule has 10 heavy (non-hydrogen) atoms. The van der Waals surface area contributed by atoms with Crippen LogP contribution in [0.4, 0.5) is 5.69 Å². The second-order valence-corrected chi connectivity index (χ2v) is 3.31. The lowest BCUT2D eigenvalue weighted by Crippen LogP contribution is -2.59. The normalized spacial score (nSPS) is 23.0. The summed E-state index contributed by atoms with van der Waals surface area (Å²) >= 11 is 0. The van der Waals surface area contributed by atoms with Crippen LogP contribution in [0.3, 0.4) is 0 Å². The second kappa shape index (κ2) is 1.26. The van der Waals surface area contributed by atoms with E-state index in [0.29, 0.717) is 0 Å². The topological polar surface area (TPSA) is 26.0 Å².